The first-order valence-electron chi connectivity index (χ1n) is 6.15. The van der Waals surface area contributed by atoms with Gasteiger partial charge in [0.05, 0.1) is 23.7 Å². The van der Waals surface area contributed by atoms with Crippen LogP contribution in [0.5, 0.6) is 0 Å². The largest absolute Gasteiger partial charge is 0.350 e. The van der Waals surface area contributed by atoms with Gasteiger partial charge in [0.25, 0.3) is 0 Å². The summed E-state index contributed by atoms with van der Waals surface area (Å²) in [5.41, 5.74) is 0.778. The van der Waals surface area contributed by atoms with Crippen LogP contribution in [0.3, 0.4) is 0 Å². The fourth-order valence-electron chi connectivity index (χ4n) is 1.99. The second-order valence-corrected chi connectivity index (χ2v) is 6.80. The second-order valence-electron chi connectivity index (χ2n) is 4.57. The van der Waals surface area contributed by atoms with Crippen LogP contribution < -0.4 is 10.6 Å². The Hall–Kier alpha value is -1.47. The van der Waals surface area contributed by atoms with Crippen molar-refractivity contribution in [3.63, 3.8) is 0 Å². The molecule has 1 atom stereocenters. The van der Waals surface area contributed by atoms with Gasteiger partial charge in [0.1, 0.15) is 0 Å². The predicted octanol–water partition coefficient (Wildman–Crippen LogP) is -0.525. The Bertz CT molecular complexity index is 530. The van der Waals surface area contributed by atoms with Gasteiger partial charge in [-0.25, -0.2) is 8.42 Å². The lowest BCUT2D eigenvalue weighted by Gasteiger charge is -2.23. The van der Waals surface area contributed by atoms with Crippen LogP contribution in [0.25, 0.3) is 0 Å². The molecule has 1 unspecified atom stereocenters. The average Bonchev–Trinajstić information content (AvgIpc) is 2.36. The Morgan fingerprint density at radius 1 is 1.47 bits per heavy atom. The number of hydrogen-bond donors (Lipinski definition) is 2. The molecule has 1 aliphatic heterocycles. The normalized spacial score (nSPS) is 21.8. The van der Waals surface area contributed by atoms with E-state index in [1.165, 1.54) is 0 Å². The molecule has 1 aliphatic rings. The first-order valence-corrected chi connectivity index (χ1v) is 7.98. The van der Waals surface area contributed by atoms with Crippen LogP contribution in [0.1, 0.15) is 12.1 Å². The fourth-order valence-corrected chi connectivity index (χ4v) is 3.43. The Morgan fingerprint density at radius 2 is 2.32 bits per heavy atom. The number of carbonyl (C=O) groups excluding carboxylic acids is 1. The van der Waals surface area contributed by atoms with Crippen LogP contribution in [0.2, 0.25) is 0 Å². The van der Waals surface area contributed by atoms with Gasteiger partial charge < -0.3 is 10.6 Å². The molecule has 1 aromatic rings. The minimum absolute atomic E-state index is 0.0318. The van der Waals surface area contributed by atoms with E-state index in [2.05, 4.69) is 15.6 Å². The first-order chi connectivity index (χ1) is 9.05. The number of rotatable bonds is 4. The van der Waals surface area contributed by atoms with Gasteiger partial charge >= 0.3 is 0 Å². The van der Waals surface area contributed by atoms with Crippen LogP contribution in [-0.4, -0.2) is 43.4 Å². The number of hydrogen-bond acceptors (Lipinski definition) is 5. The molecule has 2 rings (SSSR count). The zero-order valence-electron chi connectivity index (χ0n) is 10.5. The Labute approximate surface area is 112 Å². The number of pyridine rings is 1. The van der Waals surface area contributed by atoms with Crippen molar-refractivity contribution in [2.24, 2.45) is 0 Å². The van der Waals surface area contributed by atoms with E-state index in [1.807, 2.05) is 18.2 Å². The molecule has 2 N–H and O–H groups in total. The monoisotopic (exact) mass is 283 g/mol. The van der Waals surface area contributed by atoms with Crippen molar-refractivity contribution in [1.82, 2.24) is 15.6 Å². The smallest absolute Gasteiger partial charge is 0.221 e. The molecule has 0 spiro atoms. The van der Waals surface area contributed by atoms with Gasteiger partial charge in [-0.3, -0.25) is 9.78 Å². The maximum atomic E-state index is 11.7. The third-order valence-electron chi connectivity index (χ3n) is 2.93. The molecule has 6 nitrogen and oxygen atoms in total. The van der Waals surface area contributed by atoms with E-state index < -0.39 is 9.84 Å². The van der Waals surface area contributed by atoms with E-state index in [0.29, 0.717) is 13.1 Å². The maximum absolute atomic E-state index is 11.7. The van der Waals surface area contributed by atoms with Gasteiger partial charge in [0.2, 0.25) is 5.91 Å². The molecule has 0 aliphatic carbocycles. The molecule has 7 heteroatoms. The van der Waals surface area contributed by atoms with Crippen molar-refractivity contribution in [2.75, 3.05) is 18.1 Å². The summed E-state index contributed by atoms with van der Waals surface area (Å²) in [6.45, 7) is 0.777. The van der Waals surface area contributed by atoms with Crippen molar-refractivity contribution in [3.8, 4) is 0 Å². The second kappa shape index (κ2) is 6.12. The Morgan fingerprint density at radius 3 is 3.00 bits per heavy atom. The van der Waals surface area contributed by atoms with Crippen LogP contribution >= 0.6 is 0 Å². The minimum Gasteiger partial charge on any atom is -0.350 e. The molecule has 1 saturated heterocycles. The van der Waals surface area contributed by atoms with Gasteiger partial charge in [-0.2, -0.15) is 0 Å². The standard InChI is InChI=1S/C12H17N3O3S/c16-12(15-8-10-3-1-2-4-13-10)7-11-9-19(17,18)6-5-14-11/h1-4,11,14H,5-9H2,(H,15,16). The topological polar surface area (TPSA) is 88.2 Å². The highest BCUT2D eigenvalue weighted by molar-refractivity contribution is 7.91. The fraction of sp³-hybridized carbons (Fsp3) is 0.500. The number of amides is 1. The van der Waals surface area contributed by atoms with E-state index >= 15 is 0 Å². The van der Waals surface area contributed by atoms with Crippen LogP contribution in [0.4, 0.5) is 0 Å². The van der Waals surface area contributed by atoms with Crippen LogP contribution in [-0.2, 0) is 21.2 Å². The van der Waals surface area contributed by atoms with Crippen molar-refractivity contribution >= 4 is 15.7 Å². The quantitative estimate of drug-likeness (QED) is 0.776. The Balaban J connectivity index is 1.78. The zero-order valence-corrected chi connectivity index (χ0v) is 11.3. The molecular formula is C12H17N3O3S. The molecule has 0 bridgehead atoms. The molecule has 2 heterocycles. The highest BCUT2D eigenvalue weighted by atomic mass is 32.2. The Kier molecular flexibility index (Phi) is 4.49. The molecule has 0 radical (unpaired) electrons. The summed E-state index contributed by atoms with van der Waals surface area (Å²) in [4.78, 5) is 15.8. The number of carbonyl (C=O) groups is 1. The van der Waals surface area contributed by atoms with E-state index in [9.17, 15) is 13.2 Å². The summed E-state index contributed by atoms with van der Waals surface area (Å²) in [6, 6.07) is 5.19. The van der Waals surface area contributed by atoms with E-state index in [0.717, 1.165) is 5.69 Å². The zero-order chi connectivity index (χ0) is 13.7. The third kappa shape index (κ3) is 4.60. The lowest BCUT2D eigenvalue weighted by Crippen LogP contribution is -2.47. The van der Waals surface area contributed by atoms with Crippen molar-refractivity contribution < 1.29 is 13.2 Å². The maximum Gasteiger partial charge on any atom is 0.221 e. The molecule has 0 saturated carbocycles. The SMILES string of the molecule is O=C(CC1CS(=O)(=O)CCN1)NCc1ccccn1. The van der Waals surface area contributed by atoms with Crippen molar-refractivity contribution in [1.29, 1.82) is 0 Å². The van der Waals surface area contributed by atoms with Gasteiger partial charge in [0, 0.05) is 25.2 Å². The molecule has 1 aromatic heterocycles. The van der Waals surface area contributed by atoms with Gasteiger partial charge in [0.15, 0.2) is 9.84 Å². The summed E-state index contributed by atoms with van der Waals surface area (Å²) in [5, 5.41) is 5.79. The lowest BCUT2D eigenvalue weighted by atomic mass is 10.2. The predicted molar refractivity (Wildman–Crippen MR) is 71.1 cm³/mol. The molecule has 1 amide bonds. The van der Waals surface area contributed by atoms with E-state index in [1.54, 1.807) is 6.20 Å². The summed E-state index contributed by atoms with van der Waals surface area (Å²) < 4.78 is 22.9. The van der Waals surface area contributed by atoms with E-state index in [4.69, 9.17) is 0 Å². The summed E-state index contributed by atoms with van der Waals surface area (Å²) in [5.74, 6) is 0.0172. The number of nitrogens with one attached hydrogen (secondary N) is 2. The summed E-state index contributed by atoms with van der Waals surface area (Å²) in [6.07, 6.45) is 1.84. The van der Waals surface area contributed by atoms with E-state index in [-0.39, 0.29) is 29.9 Å². The number of nitrogens with zero attached hydrogens (tertiary/aromatic N) is 1. The van der Waals surface area contributed by atoms with Crippen molar-refractivity contribution in [2.45, 2.75) is 19.0 Å². The molecule has 1 fully saturated rings. The molecule has 104 valence electrons. The average molecular weight is 283 g/mol. The summed E-state index contributed by atoms with van der Waals surface area (Å²) in [7, 11) is -3.00. The van der Waals surface area contributed by atoms with Gasteiger partial charge in [-0.05, 0) is 12.1 Å². The van der Waals surface area contributed by atoms with Gasteiger partial charge in [-0.15, -0.1) is 0 Å². The molecular weight excluding hydrogens is 266 g/mol. The van der Waals surface area contributed by atoms with Gasteiger partial charge in [-0.1, -0.05) is 6.07 Å². The first kappa shape index (κ1) is 14.0. The molecule has 0 aromatic carbocycles. The van der Waals surface area contributed by atoms with Crippen LogP contribution in [0.15, 0.2) is 24.4 Å². The number of sulfone groups is 1. The highest BCUT2D eigenvalue weighted by Crippen LogP contribution is 2.05. The van der Waals surface area contributed by atoms with Crippen LogP contribution in [0, 0.1) is 0 Å². The lowest BCUT2D eigenvalue weighted by molar-refractivity contribution is -0.121. The minimum atomic E-state index is -3.00. The highest BCUT2D eigenvalue weighted by Gasteiger charge is 2.25. The summed E-state index contributed by atoms with van der Waals surface area (Å²) >= 11 is 0. The van der Waals surface area contributed by atoms with Crippen molar-refractivity contribution in [3.05, 3.63) is 30.1 Å². The molecule has 19 heavy (non-hydrogen) atoms. The number of aromatic nitrogens is 1. The third-order valence-corrected chi connectivity index (χ3v) is 4.66.